The van der Waals surface area contributed by atoms with E-state index in [2.05, 4.69) is 6.58 Å². The predicted octanol–water partition coefficient (Wildman–Crippen LogP) is -3.16. The quantitative estimate of drug-likeness (QED) is 0.298. The van der Waals surface area contributed by atoms with Gasteiger partial charge >= 0.3 is 51.4 Å². The summed E-state index contributed by atoms with van der Waals surface area (Å²) in [5, 5.41) is 9.92. The molecule has 0 rings (SSSR count). The van der Waals surface area contributed by atoms with Gasteiger partial charge in [0.1, 0.15) is 5.78 Å². The van der Waals surface area contributed by atoms with Crippen molar-refractivity contribution in [1.82, 2.24) is 0 Å². The Morgan fingerprint density at radius 3 is 2.12 bits per heavy atom. The second kappa shape index (κ2) is 5.97. The van der Waals surface area contributed by atoms with Crippen LogP contribution in [0, 0.1) is 0 Å². The summed E-state index contributed by atoms with van der Waals surface area (Å²) < 4.78 is 0. The number of rotatable bonds is 2. The standard InChI is InChI=1S/C5H8O2.K/c1-4(6)3-5(2)7;/h6H,1,3H2,2H3;/q;+1/p-1. The smallest absolute Gasteiger partial charge is 0.876 e. The first-order valence-corrected chi connectivity index (χ1v) is 1.97. The Hall–Kier alpha value is 0.846. The molecule has 0 atom stereocenters. The van der Waals surface area contributed by atoms with Crippen LogP contribution in [0.4, 0.5) is 0 Å². The van der Waals surface area contributed by atoms with Crippen LogP contribution in [0.1, 0.15) is 13.3 Å². The molecule has 3 heteroatoms. The minimum absolute atomic E-state index is 0. The summed E-state index contributed by atoms with van der Waals surface area (Å²) in [6, 6.07) is 0. The maximum absolute atomic E-state index is 9.99. The molecule has 40 valence electrons. The molecule has 0 aliphatic carbocycles. The van der Waals surface area contributed by atoms with Crippen molar-refractivity contribution in [2.24, 2.45) is 0 Å². The molecule has 0 bridgehead atoms. The SMILES string of the molecule is C=C([O-])CC(C)=O.[K+]. The van der Waals surface area contributed by atoms with Gasteiger partial charge < -0.3 is 5.11 Å². The third-order valence-corrected chi connectivity index (χ3v) is 0.446. The van der Waals surface area contributed by atoms with E-state index in [1.54, 1.807) is 0 Å². The van der Waals surface area contributed by atoms with Gasteiger partial charge in [0, 0.05) is 6.42 Å². The van der Waals surface area contributed by atoms with E-state index in [0.717, 1.165) is 0 Å². The Bertz CT molecular complexity index is 86.6. The van der Waals surface area contributed by atoms with Crippen molar-refractivity contribution >= 4 is 5.78 Å². The monoisotopic (exact) mass is 138 g/mol. The Labute approximate surface area is 91.4 Å². The maximum atomic E-state index is 9.99. The molecule has 0 aromatic carbocycles. The second-order valence-electron chi connectivity index (χ2n) is 1.42. The molecule has 0 aliphatic rings. The summed E-state index contributed by atoms with van der Waals surface area (Å²) in [5.41, 5.74) is 0. The summed E-state index contributed by atoms with van der Waals surface area (Å²) in [7, 11) is 0. The van der Waals surface area contributed by atoms with Gasteiger partial charge in [0.15, 0.2) is 0 Å². The fourth-order valence-electron chi connectivity index (χ4n) is 0.278. The number of Topliss-reactive ketones (excluding diaryl/α,β-unsaturated/α-hetero) is 1. The van der Waals surface area contributed by atoms with Crippen molar-refractivity contribution in [3.63, 3.8) is 0 Å². The van der Waals surface area contributed by atoms with Gasteiger partial charge in [-0.15, -0.1) is 12.3 Å². The van der Waals surface area contributed by atoms with E-state index in [9.17, 15) is 9.90 Å². The number of allylic oxidation sites excluding steroid dienone is 1. The van der Waals surface area contributed by atoms with Gasteiger partial charge in [-0.3, -0.25) is 4.79 Å². The molecule has 0 aromatic rings. The molecule has 0 N–H and O–H groups in total. The minimum Gasteiger partial charge on any atom is -0.876 e. The third-order valence-electron chi connectivity index (χ3n) is 0.446. The van der Waals surface area contributed by atoms with Crippen molar-refractivity contribution in [1.29, 1.82) is 0 Å². The largest absolute Gasteiger partial charge is 1.00 e. The summed E-state index contributed by atoms with van der Waals surface area (Å²) >= 11 is 0. The average molecular weight is 138 g/mol. The van der Waals surface area contributed by atoms with Gasteiger partial charge in [-0.2, -0.15) is 0 Å². The molecular formula is C5H7KO2. The molecule has 0 amide bonds. The van der Waals surface area contributed by atoms with Crippen LogP contribution in [0.15, 0.2) is 12.3 Å². The number of carbonyl (C=O) groups is 1. The second-order valence-corrected chi connectivity index (χ2v) is 1.42. The van der Waals surface area contributed by atoms with Crippen molar-refractivity contribution in [2.75, 3.05) is 0 Å². The Balaban J connectivity index is 0. The zero-order valence-electron chi connectivity index (χ0n) is 5.23. The van der Waals surface area contributed by atoms with Crippen molar-refractivity contribution in [2.45, 2.75) is 13.3 Å². The molecule has 0 saturated heterocycles. The van der Waals surface area contributed by atoms with Crippen LogP contribution in [0.3, 0.4) is 0 Å². The van der Waals surface area contributed by atoms with Crippen LogP contribution >= 0.6 is 0 Å². The molecule has 8 heavy (non-hydrogen) atoms. The van der Waals surface area contributed by atoms with Gasteiger partial charge in [-0.25, -0.2) is 0 Å². The first kappa shape index (κ1) is 11.6. The van der Waals surface area contributed by atoms with Gasteiger partial charge in [0.2, 0.25) is 0 Å². The topological polar surface area (TPSA) is 40.1 Å². The van der Waals surface area contributed by atoms with Crippen LogP contribution < -0.4 is 56.5 Å². The summed E-state index contributed by atoms with van der Waals surface area (Å²) in [6.07, 6.45) is -0.0278. The van der Waals surface area contributed by atoms with E-state index in [4.69, 9.17) is 0 Å². The maximum Gasteiger partial charge on any atom is 1.00 e. The summed E-state index contributed by atoms with van der Waals surface area (Å²) in [6.45, 7) is 4.38. The summed E-state index contributed by atoms with van der Waals surface area (Å²) in [4.78, 5) is 9.99. The van der Waals surface area contributed by atoms with E-state index in [0.29, 0.717) is 0 Å². The van der Waals surface area contributed by atoms with Crippen molar-refractivity contribution in [3.8, 4) is 0 Å². The summed E-state index contributed by atoms with van der Waals surface area (Å²) in [5.74, 6) is -0.437. The molecule has 0 radical (unpaired) electrons. The number of hydrogen-bond acceptors (Lipinski definition) is 2. The zero-order chi connectivity index (χ0) is 5.86. The van der Waals surface area contributed by atoms with Crippen LogP contribution in [0.2, 0.25) is 0 Å². The molecular weight excluding hydrogens is 131 g/mol. The fraction of sp³-hybridized carbons (Fsp3) is 0.400. The van der Waals surface area contributed by atoms with E-state index < -0.39 is 0 Å². The molecule has 0 heterocycles. The Morgan fingerprint density at radius 2 is 2.12 bits per heavy atom. The first-order chi connectivity index (χ1) is 3.13. The molecule has 0 aliphatic heterocycles. The zero-order valence-corrected chi connectivity index (χ0v) is 8.35. The van der Waals surface area contributed by atoms with E-state index in [-0.39, 0.29) is 69.3 Å². The molecule has 0 saturated carbocycles. The van der Waals surface area contributed by atoms with Gasteiger partial charge in [0.05, 0.1) is 0 Å². The third kappa shape index (κ3) is 9.96. The van der Waals surface area contributed by atoms with Crippen LogP contribution in [0.25, 0.3) is 0 Å². The normalized spacial score (nSPS) is 7.12. The van der Waals surface area contributed by atoms with Gasteiger partial charge in [-0.05, 0) is 6.92 Å². The number of carbonyl (C=O) groups excluding carboxylic acids is 1. The molecule has 0 unspecified atom stereocenters. The Kier molecular flexibility index (Phi) is 8.68. The molecule has 0 spiro atoms. The first-order valence-electron chi connectivity index (χ1n) is 1.97. The van der Waals surface area contributed by atoms with E-state index in [1.807, 2.05) is 0 Å². The van der Waals surface area contributed by atoms with Crippen molar-refractivity contribution < 1.29 is 61.3 Å². The molecule has 0 fully saturated rings. The number of ketones is 1. The van der Waals surface area contributed by atoms with Crippen molar-refractivity contribution in [3.05, 3.63) is 12.3 Å². The number of hydrogen-bond donors (Lipinski definition) is 0. The van der Waals surface area contributed by atoms with E-state index >= 15 is 0 Å². The minimum atomic E-state index is -0.312. The van der Waals surface area contributed by atoms with E-state index in [1.165, 1.54) is 6.92 Å². The Morgan fingerprint density at radius 1 is 1.75 bits per heavy atom. The van der Waals surface area contributed by atoms with Crippen LogP contribution in [0.5, 0.6) is 0 Å². The molecule has 2 nitrogen and oxygen atoms in total. The van der Waals surface area contributed by atoms with Gasteiger partial charge in [-0.1, -0.05) is 0 Å². The predicted molar refractivity (Wildman–Crippen MR) is 24.4 cm³/mol. The van der Waals surface area contributed by atoms with Crippen LogP contribution in [-0.2, 0) is 4.79 Å². The van der Waals surface area contributed by atoms with Gasteiger partial charge in [0.25, 0.3) is 0 Å². The fourth-order valence-corrected chi connectivity index (χ4v) is 0.278. The van der Waals surface area contributed by atoms with Crippen LogP contribution in [-0.4, -0.2) is 5.78 Å². The average Bonchev–Trinajstić information content (AvgIpc) is 1.27. The molecule has 0 aromatic heterocycles.